The molecule has 0 saturated carbocycles. The predicted molar refractivity (Wildman–Crippen MR) is 110 cm³/mol. The second kappa shape index (κ2) is 8.91. The van der Waals surface area contributed by atoms with Gasteiger partial charge in [0.15, 0.2) is 11.5 Å². The lowest BCUT2D eigenvalue weighted by atomic mass is 10.1. The fraction of sp³-hybridized carbons (Fsp3) is 0.409. The molecule has 9 nitrogen and oxygen atoms in total. The predicted octanol–water partition coefficient (Wildman–Crippen LogP) is 3.22. The van der Waals surface area contributed by atoms with Crippen molar-refractivity contribution in [3.05, 3.63) is 48.0 Å². The Morgan fingerprint density at radius 1 is 1.13 bits per heavy atom. The van der Waals surface area contributed by atoms with Gasteiger partial charge < -0.3 is 23.5 Å². The number of hydrogen-bond donors (Lipinski definition) is 0. The molecule has 2 aromatic heterocycles. The molecule has 0 spiro atoms. The highest BCUT2D eigenvalue weighted by molar-refractivity contribution is 5.55. The number of pyridine rings is 1. The van der Waals surface area contributed by atoms with Crippen LogP contribution >= 0.6 is 0 Å². The molecule has 1 fully saturated rings. The number of hydrogen-bond acceptors (Lipinski definition) is 9. The molecule has 3 aromatic rings. The summed E-state index contributed by atoms with van der Waals surface area (Å²) in [7, 11) is 1.63. The molecule has 0 aliphatic carbocycles. The zero-order valence-corrected chi connectivity index (χ0v) is 17.3. The molecule has 0 unspecified atom stereocenters. The third-order valence-electron chi connectivity index (χ3n) is 5.44. The molecule has 0 N–H and O–H groups in total. The molecule has 9 heteroatoms. The van der Waals surface area contributed by atoms with E-state index in [-0.39, 0.29) is 12.8 Å². The standard InChI is InChI=1S/C22H24N4O5/c1-27-9-10-28-20-12-16(6-7-23-20)21-24-22(31-25-21)17-3-2-8-26(17)13-15-4-5-18-19(11-15)30-14-29-18/h4-7,11-12,17H,2-3,8-10,13-14H2,1H3/t17-/m0/s1. The minimum absolute atomic E-state index is 0.0888. The van der Waals surface area contributed by atoms with Crippen LogP contribution in [0.1, 0.15) is 30.3 Å². The smallest absolute Gasteiger partial charge is 0.244 e. The molecule has 1 saturated heterocycles. The number of aromatic nitrogens is 3. The second-order valence-electron chi connectivity index (χ2n) is 7.50. The number of rotatable bonds is 8. The van der Waals surface area contributed by atoms with Gasteiger partial charge in [-0.05, 0) is 43.1 Å². The van der Waals surface area contributed by atoms with E-state index in [0.717, 1.165) is 43.0 Å². The van der Waals surface area contributed by atoms with Crippen molar-refractivity contribution >= 4 is 0 Å². The van der Waals surface area contributed by atoms with E-state index in [9.17, 15) is 0 Å². The Balaban J connectivity index is 1.29. The zero-order valence-electron chi connectivity index (χ0n) is 17.3. The number of methoxy groups -OCH3 is 1. The summed E-state index contributed by atoms with van der Waals surface area (Å²) in [6.07, 6.45) is 3.74. The fourth-order valence-electron chi connectivity index (χ4n) is 3.91. The number of benzene rings is 1. The van der Waals surface area contributed by atoms with Crippen LogP contribution in [0.25, 0.3) is 11.4 Å². The molecular weight excluding hydrogens is 400 g/mol. The van der Waals surface area contributed by atoms with Crippen LogP contribution in [-0.2, 0) is 11.3 Å². The summed E-state index contributed by atoms with van der Waals surface area (Å²) in [6, 6.07) is 9.82. The molecular formula is C22H24N4O5. The Morgan fingerprint density at radius 3 is 3.00 bits per heavy atom. The van der Waals surface area contributed by atoms with Gasteiger partial charge in [-0.1, -0.05) is 11.2 Å². The monoisotopic (exact) mass is 424 g/mol. The lowest BCUT2D eigenvalue weighted by Crippen LogP contribution is -2.23. The summed E-state index contributed by atoms with van der Waals surface area (Å²) in [5.41, 5.74) is 1.97. The van der Waals surface area contributed by atoms with Crippen LogP contribution in [0, 0.1) is 0 Å². The number of nitrogens with zero attached hydrogens (tertiary/aromatic N) is 4. The van der Waals surface area contributed by atoms with E-state index in [1.165, 1.54) is 5.56 Å². The Morgan fingerprint density at radius 2 is 2.06 bits per heavy atom. The highest BCUT2D eigenvalue weighted by Crippen LogP contribution is 2.36. The largest absolute Gasteiger partial charge is 0.475 e. The summed E-state index contributed by atoms with van der Waals surface area (Å²) in [5, 5.41) is 4.20. The molecule has 1 atom stereocenters. The van der Waals surface area contributed by atoms with Crippen molar-refractivity contribution in [2.45, 2.75) is 25.4 Å². The summed E-state index contributed by atoms with van der Waals surface area (Å²) in [5.74, 6) is 3.27. The third kappa shape index (κ3) is 4.33. The quantitative estimate of drug-likeness (QED) is 0.505. The van der Waals surface area contributed by atoms with E-state index < -0.39 is 0 Å². The van der Waals surface area contributed by atoms with Crippen molar-refractivity contribution in [1.82, 2.24) is 20.0 Å². The van der Waals surface area contributed by atoms with Crippen molar-refractivity contribution in [2.75, 3.05) is 33.7 Å². The Kier molecular flexibility index (Phi) is 5.68. The molecule has 2 aliphatic heterocycles. The SMILES string of the molecule is COCCOc1cc(-c2noc([C@@H]3CCCN3Cc3ccc4c(c3)OCO4)n2)ccn1. The topological polar surface area (TPSA) is 92.0 Å². The van der Waals surface area contributed by atoms with Crippen LogP contribution in [0.2, 0.25) is 0 Å². The summed E-state index contributed by atoms with van der Waals surface area (Å²) in [6.45, 7) is 2.97. The van der Waals surface area contributed by atoms with Gasteiger partial charge in [-0.15, -0.1) is 0 Å². The summed E-state index contributed by atoms with van der Waals surface area (Å²) in [4.78, 5) is 11.3. The first-order chi connectivity index (χ1) is 15.3. The van der Waals surface area contributed by atoms with Gasteiger partial charge in [0.2, 0.25) is 24.4 Å². The average Bonchev–Trinajstić information content (AvgIpc) is 3.54. The zero-order chi connectivity index (χ0) is 21.0. The molecule has 5 rings (SSSR count). The normalized spacial score (nSPS) is 17.9. The molecule has 4 heterocycles. The van der Waals surface area contributed by atoms with E-state index in [1.807, 2.05) is 24.3 Å². The Labute approximate surface area is 179 Å². The fourth-order valence-corrected chi connectivity index (χ4v) is 3.91. The van der Waals surface area contributed by atoms with Crippen molar-refractivity contribution in [2.24, 2.45) is 0 Å². The molecule has 162 valence electrons. The Bertz CT molecular complexity index is 1040. The van der Waals surface area contributed by atoms with Crippen LogP contribution in [-0.4, -0.2) is 53.7 Å². The summed E-state index contributed by atoms with van der Waals surface area (Å²) >= 11 is 0. The lowest BCUT2D eigenvalue weighted by molar-refractivity contribution is 0.144. The first kappa shape index (κ1) is 19.8. The van der Waals surface area contributed by atoms with E-state index in [1.54, 1.807) is 13.3 Å². The molecule has 0 amide bonds. The molecule has 0 bridgehead atoms. The van der Waals surface area contributed by atoms with Gasteiger partial charge in [0.05, 0.1) is 12.6 Å². The molecule has 2 aliphatic rings. The van der Waals surface area contributed by atoms with Crippen molar-refractivity contribution < 1.29 is 23.5 Å². The Hall–Kier alpha value is -3.17. The minimum Gasteiger partial charge on any atom is -0.475 e. The van der Waals surface area contributed by atoms with Gasteiger partial charge in [0.25, 0.3) is 0 Å². The van der Waals surface area contributed by atoms with Gasteiger partial charge in [-0.3, -0.25) is 4.90 Å². The van der Waals surface area contributed by atoms with Crippen LogP contribution in [0.4, 0.5) is 0 Å². The number of ether oxygens (including phenoxy) is 4. The van der Waals surface area contributed by atoms with Crippen molar-refractivity contribution in [3.8, 4) is 28.8 Å². The van der Waals surface area contributed by atoms with Gasteiger partial charge in [-0.25, -0.2) is 4.98 Å². The first-order valence-electron chi connectivity index (χ1n) is 10.3. The summed E-state index contributed by atoms with van der Waals surface area (Å²) < 4.78 is 27.1. The van der Waals surface area contributed by atoms with Gasteiger partial charge >= 0.3 is 0 Å². The highest BCUT2D eigenvalue weighted by atomic mass is 16.7. The van der Waals surface area contributed by atoms with Crippen LogP contribution in [0.3, 0.4) is 0 Å². The molecule has 31 heavy (non-hydrogen) atoms. The van der Waals surface area contributed by atoms with E-state index in [4.69, 9.17) is 23.5 Å². The lowest BCUT2D eigenvalue weighted by Gasteiger charge is -2.21. The van der Waals surface area contributed by atoms with Gasteiger partial charge in [0.1, 0.15) is 6.61 Å². The van der Waals surface area contributed by atoms with Gasteiger partial charge in [0, 0.05) is 31.5 Å². The highest BCUT2D eigenvalue weighted by Gasteiger charge is 2.31. The molecule has 0 radical (unpaired) electrons. The average molecular weight is 424 g/mol. The van der Waals surface area contributed by atoms with Crippen LogP contribution in [0.5, 0.6) is 17.4 Å². The maximum Gasteiger partial charge on any atom is 0.244 e. The second-order valence-corrected chi connectivity index (χ2v) is 7.50. The maximum absolute atomic E-state index is 5.65. The number of likely N-dealkylation sites (tertiary alicyclic amines) is 1. The van der Waals surface area contributed by atoms with Crippen LogP contribution < -0.4 is 14.2 Å². The van der Waals surface area contributed by atoms with Crippen molar-refractivity contribution in [1.29, 1.82) is 0 Å². The maximum atomic E-state index is 5.65. The van der Waals surface area contributed by atoms with E-state index >= 15 is 0 Å². The van der Waals surface area contributed by atoms with E-state index in [2.05, 4.69) is 26.1 Å². The number of fused-ring (bicyclic) bond motifs is 1. The first-order valence-corrected chi connectivity index (χ1v) is 10.3. The third-order valence-corrected chi connectivity index (χ3v) is 5.44. The molecule has 1 aromatic carbocycles. The van der Waals surface area contributed by atoms with Crippen LogP contribution in [0.15, 0.2) is 41.1 Å². The van der Waals surface area contributed by atoms with Crippen molar-refractivity contribution in [3.63, 3.8) is 0 Å². The van der Waals surface area contributed by atoms with E-state index in [0.29, 0.717) is 30.8 Å². The minimum atomic E-state index is 0.0888. The van der Waals surface area contributed by atoms with Gasteiger partial charge in [-0.2, -0.15) is 4.98 Å².